The molecule has 0 saturated carbocycles. The van der Waals surface area contributed by atoms with Crippen molar-refractivity contribution in [3.8, 4) is 39.6 Å². The molecule has 0 saturated heterocycles. The number of aromatic nitrogens is 1. The van der Waals surface area contributed by atoms with E-state index >= 15 is 0 Å². The molecule has 3 nitrogen and oxygen atoms in total. The van der Waals surface area contributed by atoms with E-state index in [1.807, 2.05) is 93.2 Å². The highest BCUT2D eigenvalue weighted by molar-refractivity contribution is 6.14. The number of hydrogen-bond donors (Lipinski definition) is 0. The molecule has 6 rings (SSSR count). The normalized spacial score (nSPS) is 12.8. The van der Waals surface area contributed by atoms with E-state index in [-0.39, 0.29) is 0 Å². The molecule has 0 spiro atoms. The molecule has 0 aliphatic heterocycles. The number of hydrogen-bond acceptors (Lipinski definition) is 2. The smallest absolute Gasteiger partial charge is 0.216 e. The molecule has 2 heterocycles. The van der Waals surface area contributed by atoms with E-state index in [1.165, 1.54) is 0 Å². The second-order valence-electron chi connectivity index (χ2n) is 11.4. The lowest BCUT2D eigenvalue weighted by Gasteiger charge is -2.18. The van der Waals surface area contributed by atoms with Gasteiger partial charge in [-0.1, -0.05) is 81.4 Å². The zero-order valence-electron chi connectivity index (χ0n) is 25.5. The van der Waals surface area contributed by atoms with Crippen LogP contribution in [-0.2, 0) is 13.4 Å². The average molecular weight is 524 g/mol. The van der Waals surface area contributed by atoms with Crippen LogP contribution in [0.2, 0.25) is 0 Å². The van der Waals surface area contributed by atoms with Crippen LogP contribution in [0.4, 0.5) is 0 Å². The van der Waals surface area contributed by atoms with Crippen molar-refractivity contribution in [3.63, 3.8) is 0 Å². The van der Waals surface area contributed by atoms with Crippen molar-refractivity contribution in [2.45, 2.75) is 34.1 Å². The number of nitriles is 1. The Labute approximate surface area is 238 Å². The Morgan fingerprint density at radius 1 is 0.800 bits per heavy atom. The average Bonchev–Trinajstić information content (AvgIpc) is 3.35. The number of fused-ring (bicyclic) bond motifs is 3. The third-order valence-corrected chi connectivity index (χ3v) is 7.32. The summed E-state index contributed by atoms with van der Waals surface area (Å²) in [6.07, 6.45) is 0.383. The van der Waals surface area contributed by atoms with Gasteiger partial charge < -0.3 is 4.42 Å². The Balaban J connectivity index is 1.63. The van der Waals surface area contributed by atoms with E-state index < -0.39 is 11.8 Å². The summed E-state index contributed by atoms with van der Waals surface area (Å²) in [6.45, 7) is 7.82. The number of furan rings is 1. The summed E-state index contributed by atoms with van der Waals surface area (Å²) in [4.78, 5) is 0. The lowest BCUT2D eigenvalue weighted by molar-refractivity contribution is -0.660. The lowest BCUT2D eigenvalue weighted by atomic mass is 9.87. The van der Waals surface area contributed by atoms with Crippen LogP contribution in [0.25, 0.3) is 55.4 Å². The Hall–Kier alpha value is -4.68. The maximum Gasteiger partial charge on any atom is 0.216 e. The van der Waals surface area contributed by atoms with Crippen LogP contribution >= 0.6 is 0 Å². The van der Waals surface area contributed by atoms with E-state index in [2.05, 4.69) is 49.4 Å². The quantitative estimate of drug-likeness (QED) is 0.216. The molecule has 0 bridgehead atoms. The fourth-order valence-electron chi connectivity index (χ4n) is 5.51. The predicted molar refractivity (Wildman–Crippen MR) is 164 cm³/mol. The molecule has 196 valence electrons. The third kappa shape index (κ3) is 4.56. The van der Waals surface area contributed by atoms with Gasteiger partial charge in [-0.2, -0.15) is 5.26 Å². The summed E-state index contributed by atoms with van der Waals surface area (Å²) < 4.78 is 26.6. The molecule has 40 heavy (non-hydrogen) atoms. The summed E-state index contributed by atoms with van der Waals surface area (Å²) in [6, 6.07) is 32.7. The standard InChI is InChI=1S/C37H33N2O/c1-24-14-16-30-31-17-15-29(23-38)34(28-13-9-12-27(21-28)26-10-7-6-8-11-26)36(31)40-35(30)33(24)32-20-25(18-19-39(32)5)22-37(2,3)4/h6-21H,22H2,1-5H3/q+1/i22D2. The van der Waals surface area contributed by atoms with Gasteiger partial charge in [0.2, 0.25) is 5.69 Å². The van der Waals surface area contributed by atoms with Gasteiger partial charge in [-0.25, -0.2) is 4.57 Å². The van der Waals surface area contributed by atoms with Crippen molar-refractivity contribution in [1.82, 2.24) is 0 Å². The maximum absolute atomic E-state index is 10.2. The Morgan fingerprint density at radius 3 is 2.20 bits per heavy atom. The summed E-state index contributed by atoms with van der Waals surface area (Å²) in [5.41, 5.74) is 8.67. The van der Waals surface area contributed by atoms with Crippen LogP contribution in [0.15, 0.2) is 102 Å². The Kier molecular flexibility index (Phi) is 5.70. The molecule has 6 aromatic rings. The number of rotatable bonds is 4. The highest BCUT2D eigenvalue weighted by Gasteiger charge is 2.24. The van der Waals surface area contributed by atoms with Crippen LogP contribution in [-0.4, -0.2) is 0 Å². The maximum atomic E-state index is 10.2. The molecule has 0 unspecified atom stereocenters. The van der Waals surface area contributed by atoms with Gasteiger partial charge >= 0.3 is 0 Å². The predicted octanol–water partition coefficient (Wildman–Crippen LogP) is 9.18. The van der Waals surface area contributed by atoms with E-state index in [0.29, 0.717) is 16.7 Å². The summed E-state index contributed by atoms with van der Waals surface area (Å²) in [7, 11) is 1.97. The van der Waals surface area contributed by atoms with Gasteiger partial charge in [-0.05, 0) is 64.7 Å². The minimum atomic E-state index is -1.54. The van der Waals surface area contributed by atoms with Gasteiger partial charge in [0, 0.05) is 31.2 Å². The number of pyridine rings is 1. The third-order valence-electron chi connectivity index (χ3n) is 7.32. The molecule has 2 aromatic heterocycles. The topological polar surface area (TPSA) is 40.8 Å². The SMILES string of the molecule is [2H]C([2H])(c1cc[n+](C)c(-c2c(C)ccc3c2oc2c(-c4cccc(-c5ccccc5)c4)c(C#N)ccc23)c1)C(C)(C)C. The van der Waals surface area contributed by atoms with Crippen LogP contribution in [0, 0.1) is 23.7 Å². The summed E-state index contributed by atoms with van der Waals surface area (Å²) in [5, 5.41) is 12.1. The highest BCUT2D eigenvalue weighted by Crippen LogP contribution is 2.42. The number of benzene rings is 4. The first-order valence-electron chi connectivity index (χ1n) is 14.6. The van der Waals surface area contributed by atoms with Crippen molar-refractivity contribution in [2.24, 2.45) is 12.5 Å². The largest absolute Gasteiger partial charge is 0.454 e. The van der Waals surface area contributed by atoms with E-state index in [4.69, 9.17) is 7.16 Å². The summed E-state index contributed by atoms with van der Waals surface area (Å²) >= 11 is 0. The number of nitrogens with zero attached hydrogens (tertiary/aromatic N) is 2. The fraction of sp³-hybridized carbons (Fsp3) is 0.189. The Morgan fingerprint density at radius 2 is 1.48 bits per heavy atom. The lowest BCUT2D eigenvalue weighted by Crippen LogP contribution is -2.31. The van der Waals surface area contributed by atoms with Crippen molar-refractivity contribution < 1.29 is 11.7 Å². The van der Waals surface area contributed by atoms with Gasteiger partial charge in [0.05, 0.1) is 17.2 Å². The first-order chi connectivity index (χ1) is 20.0. The monoisotopic (exact) mass is 523 g/mol. The highest BCUT2D eigenvalue weighted by atomic mass is 16.3. The van der Waals surface area contributed by atoms with Gasteiger partial charge in [0.15, 0.2) is 6.20 Å². The van der Waals surface area contributed by atoms with Crippen LogP contribution < -0.4 is 4.57 Å². The zero-order valence-corrected chi connectivity index (χ0v) is 23.5. The van der Waals surface area contributed by atoms with Crippen LogP contribution in [0.5, 0.6) is 0 Å². The first kappa shape index (κ1) is 23.2. The van der Waals surface area contributed by atoms with Crippen LogP contribution in [0.3, 0.4) is 0 Å². The molecule has 0 aliphatic carbocycles. The molecule has 0 aliphatic rings. The van der Waals surface area contributed by atoms with Crippen molar-refractivity contribution in [1.29, 1.82) is 5.26 Å². The molecular weight excluding hydrogens is 488 g/mol. The second-order valence-corrected chi connectivity index (χ2v) is 11.4. The minimum Gasteiger partial charge on any atom is -0.454 e. The van der Waals surface area contributed by atoms with E-state index in [0.717, 1.165) is 55.4 Å². The molecule has 4 aromatic carbocycles. The van der Waals surface area contributed by atoms with Crippen molar-refractivity contribution in [2.75, 3.05) is 0 Å². The van der Waals surface area contributed by atoms with Crippen molar-refractivity contribution >= 4 is 21.9 Å². The van der Waals surface area contributed by atoms with Crippen LogP contribution in [0.1, 0.15) is 40.2 Å². The van der Waals surface area contributed by atoms with Crippen molar-refractivity contribution in [3.05, 3.63) is 114 Å². The molecule has 0 atom stereocenters. The molecule has 0 radical (unpaired) electrons. The van der Waals surface area contributed by atoms with E-state index in [9.17, 15) is 5.26 Å². The van der Waals surface area contributed by atoms with Gasteiger partial charge in [0.1, 0.15) is 18.2 Å². The number of aryl methyl sites for hydroxylation is 2. The molecule has 3 heteroatoms. The zero-order chi connectivity index (χ0) is 29.8. The van der Waals surface area contributed by atoms with Gasteiger partial charge in [0.25, 0.3) is 0 Å². The van der Waals surface area contributed by atoms with Gasteiger partial charge in [-0.3, -0.25) is 0 Å². The Bertz CT molecular complexity index is 2030. The molecular formula is C37H33N2O+. The molecule has 0 amide bonds. The minimum absolute atomic E-state index is 0.552. The van der Waals surface area contributed by atoms with Gasteiger partial charge in [-0.15, -0.1) is 0 Å². The summed E-state index contributed by atoms with van der Waals surface area (Å²) in [5.74, 6) is 0. The van der Waals surface area contributed by atoms with E-state index in [1.54, 1.807) is 0 Å². The fourth-order valence-corrected chi connectivity index (χ4v) is 5.51. The first-order valence-corrected chi connectivity index (χ1v) is 13.6. The molecule has 0 fully saturated rings. The second kappa shape index (κ2) is 9.81. The molecule has 0 N–H and O–H groups in total.